The summed E-state index contributed by atoms with van der Waals surface area (Å²) in [5.41, 5.74) is 0. The number of ether oxygens (including phenoxy) is 1. The van der Waals surface area contributed by atoms with Crippen molar-refractivity contribution in [2.24, 2.45) is 0 Å². The maximum Gasteiger partial charge on any atom is 0.220 e. The lowest BCUT2D eigenvalue weighted by Gasteiger charge is -2.12. The standard InChI is InChI=1S/C12H19NO2S/c1-10(9-15-2)13-12(14)7-3-5-11-6-4-8-16-11/h4,6,8,10H,3,5,7,9H2,1-2H3,(H,13,14). The maximum absolute atomic E-state index is 11.5. The minimum absolute atomic E-state index is 0.0965. The van der Waals surface area contributed by atoms with Crippen molar-refractivity contribution in [3.63, 3.8) is 0 Å². The largest absolute Gasteiger partial charge is 0.383 e. The third kappa shape index (κ3) is 5.28. The summed E-state index contributed by atoms with van der Waals surface area (Å²) in [5.74, 6) is 0.112. The van der Waals surface area contributed by atoms with Gasteiger partial charge in [-0.2, -0.15) is 0 Å². The summed E-state index contributed by atoms with van der Waals surface area (Å²) >= 11 is 1.74. The number of methoxy groups -OCH3 is 1. The smallest absolute Gasteiger partial charge is 0.220 e. The van der Waals surface area contributed by atoms with Crippen molar-refractivity contribution in [1.29, 1.82) is 0 Å². The fourth-order valence-corrected chi connectivity index (χ4v) is 2.27. The molecule has 0 spiro atoms. The summed E-state index contributed by atoms with van der Waals surface area (Å²) in [6.45, 7) is 2.51. The molecule has 1 N–H and O–H groups in total. The molecule has 0 aliphatic heterocycles. The summed E-state index contributed by atoms with van der Waals surface area (Å²) < 4.78 is 4.95. The zero-order valence-corrected chi connectivity index (χ0v) is 10.7. The summed E-state index contributed by atoms with van der Waals surface area (Å²) in [7, 11) is 1.64. The van der Waals surface area contributed by atoms with Crippen LogP contribution in [0.4, 0.5) is 0 Å². The Balaban J connectivity index is 2.10. The molecule has 1 aromatic heterocycles. The van der Waals surface area contributed by atoms with Crippen molar-refractivity contribution in [1.82, 2.24) is 5.32 Å². The van der Waals surface area contributed by atoms with Crippen LogP contribution in [0.15, 0.2) is 17.5 Å². The molecule has 0 bridgehead atoms. The fraction of sp³-hybridized carbons (Fsp3) is 0.583. The second kappa shape index (κ2) is 7.41. The Kier molecular flexibility index (Phi) is 6.11. The van der Waals surface area contributed by atoms with E-state index in [-0.39, 0.29) is 11.9 Å². The van der Waals surface area contributed by atoms with E-state index >= 15 is 0 Å². The molecule has 0 aromatic carbocycles. The van der Waals surface area contributed by atoms with Gasteiger partial charge in [0.1, 0.15) is 0 Å². The van der Waals surface area contributed by atoms with Crippen LogP contribution in [0.3, 0.4) is 0 Å². The Labute approximate surface area is 101 Å². The van der Waals surface area contributed by atoms with Crippen LogP contribution in [0, 0.1) is 0 Å². The number of thiophene rings is 1. The molecule has 1 unspecified atom stereocenters. The average Bonchev–Trinajstić information content (AvgIpc) is 2.70. The Morgan fingerprint density at radius 2 is 2.44 bits per heavy atom. The highest BCUT2D eigenvalue weighted by Gasteiger charge is 2.06. The van der Waals surface area contributed by atoms with Crippen molar-refractivity contribution in [2.45, 2.75) is 32.2 Å². The number of nitrogens with one attached hydrogen (secondary N) is 1. The van der Waals surface area contributed by atoms with E-state index < -0.39 is 0 Å². The number of carbonyl (C=O) groups excluding carboxylic acids is 1. The topological polar surface area (TPSA) is 38.3 Å². The predicted octanol–water partition coefficient (Wildman–Crippen LogP) is 2.22. The van der Waals surface area contributed by atoms with Crippen LogP contribution in [0.5, 0.6) is 0 Å². The second-order valence-corrected chi connectivity index (χ2v) is 4.89. The lowest BCUT2D eigenvalue weighted by molar-refractivity contribution is -0.122. The molecule has 1 atom stereocenters. The molecule has 4 heteroatoms. The van der Waals surface area contributed by atoms with E-state index in [0.29, 0.717) is 13.0 Å². The van der Waals surface area contributed by atoms with E-state index in [1.54, 1.807) is 18.4 Å². The first kappa shape index (κ1) is 13.2. The molecule has 1 amide bonds. The van der Waals surface area contributed by atoms with Gasteiger partial charge in [-0.3, -0.25) is 4.79 Å². The highest BCUT2D eigenvalue weighted by atomic mass is 32.1. The second-order valence-electron chi connectivity index (χ2n) is 3.86. The van der Waals surface area contributed by atoms with E-state index in [1.807, 2.05) is 13.0 Å². The third-order valence-corrected chi connectivity index (χ3v) is 3.17. The van der Waals surface area contributed by atoms with E-state index in [0.717, 1.165) is 12.8 Å². The Bertz CT molecular complexity index is 298. The predicted molar refractivity (Wildman–Crippen MR) is 66.7 cm³/mol. The van der Waals surface area contributed by atoms with Crippen LogP contribution >= 0.6 is 11.3 Å². The molecular weight excluding hydrogens is 222 g/mol. The Hall–Kier alpha value is -0.870. The van der Waals surface area contributed by atoms with Crippen molar-refractivity contribution in [2.75, 3.05) is 13.7 Å². The highest BCUT2D eigenvalue weighted by molar-refractivity contribution is 7.09. The number of carbonyl (C=O) groups is 1. The third-order valence-electron chi connectivity index (χ3n) is 2.23. The van der Waals surface area contributed by atoms with E-state index in [9.17, 15) is 4.79 Å². The van der Waals surface area contributed by atoms with Gasteiger partial charge < -0.3 is 10.1 Å². The minimum atomic E-state index is 0.0965. The molecule has 0 radical (unpaired) electrons. The normalized spacial score (nSPS) is 12.4. The number of rotatable bonds is 7. The van der Waals surface area contributed by atoms with E-state index in [4.69, 9.17) is 4.74 Å². The Morgan fingerprint density at radius 1 is 1.62 bits per heavy atom. The molecule has 1 aromatic rings. The van der Waals surface area contributed by atoms with Gasteiger partial charge in [0, 0.05) is 24.4 Å². The molecule has 16 heavy (non-hydrogen) atoms. The lowest BCUT2D eigenvalue weighted by Crippen LogP contribution is -2.35. The van der Waals surface area contributed by atoms with Crippen LogP contribution in [0.2, 0.25) is 0 Å². The quantitative estimate of drug-likeness (QED) is 0.795. The van der Waals surface area contributed by atoms with Gasteiger partial charge in [-0.1, -0.05) is 6.07 Å². The average molecular weight is 241 g/mol. The van der Waals surface area contributed by atoms with Gasteiger partial charge in [-0.15, -0.1) is 11.3 Å². The van der Waals surface area contributed by atoms with Gasteiger partial charge in [0.15, 0.2) is 0 Å². The molecular formula is C12H19NO2S. The molecule has 0 fully saturated rings. The van der Waals surface area contributed by atoms with Gasteiger partial charge in [-0.25, -0.2) is 0 Å². The van der Waals surface area contributed by atoms with Crippen molar-refractivity contribution in [3.8, 4) is 0 Å². The molecule has 0 aliphatic carbocycles. The molecule has 0 aliphatic rings. The first-order chi connectivity index (χ1) is 7.72. The Morgan fingerprint density at radius 3 is 3.06 bits per heavy atom. The van der Waals surface area contributed by atoms with Crippen LogP contribution in [0.25, 0.3) is 0 Å². The highest BCUT2D eigenvalue weighted by Crippen LogP contribution is 2.11. The number of aryl methyl sites for hydroxylation is 1. The van der Waals surface area contributed by atoms with E-state index in [1.165, 1.54) is 4.88 Å². The molecule has 1 rings (SSSR count). The first-order valence-electron chi connectivity index (χ1n) is 5.53. The van der Waals surface area contributed by atoms with Crippen LogP contribution in [-0.2, 0) is 16.0 Å². The van der Waals surface area contributed by atoms with Gasteiger partial charge in [0.25, 0.3) is 0 Å². The zero-order valence-electron chi connectivity index (χ0n) is 9.86. The number of amides is 1. The number of hydrogen-bond acceptors (Lipinski definition) is 3. The van der Waals surface area contributed by atoms with Crippen LogP contribution in [0.1, 0.15) is 24.6 Å². The van der Waals surface area contributed by atoms with Crippen LogP contribution < -0.4 is 5.32 Å². The lowest BCUT2D eigenvalue weighted by atomic mass is 10.2. The molecule has 90 valence electrons. The van der Waals surface area contributed by atoms with Crippen molar-refractivity contribution < 1.29 is 9.53 Å². The fourth-order valence-electron chi connectivity index (χ4n) is 1.52. The molecule has 0 saturated heterocycles. The molecule has 1 heterocycles. The van der Waals surface area contributed by atoms with Crippen molar-refractivity contribution >= 4 is 17.2 Å². The zero-order chi connectivity index (χ0) is 11.8. The van der Waals surface area contributed by atoms with Crippen LogP contribution in [-0.4, -0.2) is 25.7 Å². The maximum atomic E-state index is 11.5. The monoisotopic (exact) mass is 241 g/mol. The molecule has 3 nitrogen and oxygen atoms in total. The minimum Gasteiger partial charge on any atom is -0.383 e. The summed E-state index contributed by atoms with van der Waals surface area (Å²) in [6.07, 6.45) is 2.49. The summed E-state index contributed by atoms with van der Waals surface area (Å²) in [4.78, 5) is 12.8. The number of hydrogen-bond donors (Lipinski definition) is 1. The van der Waals surface area contributed by atoms with Gasteiger partial charge >= 0.3 is 0 Å². The van der Waals surface area contributed by atoms with Crippen molar-refractivity contribution in [3.05, 3.63) is 22.4 Å². The van der Waals surface area contributed by atoms with Gasteiger partial charge in [0.2, 0.25) is 5.91 Å². The SMILES string of the molecule is COCC(C)NC(=O)CCCc1cccs1. The van der Waals surface area contributed by atoms with E-state index in [2.05, 4.69) is 16.8 Å². The summed E-state index contributed by atoms with van der Waals surface area (Å²) in [5, 5.41) is 4.97. The molecule has 0 saturated carbocycles. The summed E-state index contributed by atoms with van der Waals surface area (Å²) in [6, 6.07) is 4.25. The van der Waals surface area contributed by atoms with Gasteiger partial charge in [0.05, 0.1) is 6.61 Å². The first-order valence-corrected chi connectivity index (χ1v) is 6.41. The van der Waals surface area contributed by atoms with Gasteiger partial charge in [-0.05, 0) is 31.2 Å².